The van der Waals surface area contributed by atoms with Crippen LogP contribution in [-0.2, 0) is 10.0 Å². The van der Waals surface area contributed by atoms with Crippen LogP contribution < -0.4 is 4.72 Å². The van der Waals surface area contributed by atoms with E-state index in [-0.39, 0.29) is 16.3 Å². The highest BCUT2D eigenvalue weighted by atomic mass is 32.2. The van der Waals surface area contributed by atoms with Crippen molar-refractivity contribution in [2.24, 2.45) is 0 Å². The van der Waals surface area contributed by atoms with E-state index in [1.807, 2.05) is 0 Å². The zero-order valence-corrected chi connectivity index (χ0v) is 15.3. The first-order valence-corrected chi connectivity index (χ1v) is 9.94. The predicted octanol–water partition coefficient (Wildman–Crippen LogP) is 4.69. The summed E-state index contributed by atoms with van der Waals surface area (Å²) < 4.78 is 40.4. The lowest BCUT2D eigenvalue weighted by molar-refractivity contribution is -0.384. The topological polar surface area (TPSA) is 89.3 Å². The molecule has 0 unspecified atom stereocenters. The standard InChI is InChI=1S/C18H13FN2O4S2/c19-13-4-6-14(7-5-13)20-27(24,25)18-3-1-2-17(12-18)26-16-10-8-15(9-11-16)21(22)23/h1-12,20H. The first-order chi connectivity index (χ1) is 12.8. The third-order valence-corrected chi connectivity index (χ3v) is 5.87. The van der Waals surface area contributed by atoms with Gasteiger partial charge in [0.25, 0.3) is 15.7 Å². The molecule has 0 spiro atoms. The second kappa shape index (κ2) is 7.77. The molecule has 0 bridgehead atoms. The van der Waals surface area contributed by atoms with Crippen molar-refractivity contribution < 1.29 is 17.7 Å². The Morgan fingerprint density at radius 3 is 2.22 bits per heavy atom. The fourth-order valence-corrected chi connectivity index (χ4v) is 4.26. The van der Waals surface area contributed by atoms with E-state index in [0.717, 1.165) is 4.90 Å². The number of rotatable bonds is 6. The van der Waals surface area contributed by atoms with Gasteiger partial charge in [-0.25, -0.2) is 12.8 Å². The highest BCUT2D eigenvalue weighted by Gasteiger charge is 2.15. The molecule has 0 aromatic heterocycles. The van der Waals surface area contributed by atoms with Crippen molar-refractivity contribution in [1.82, 2.24) is 0 Å². The summed E-state index contributed by atoms with van der Waals surface area (Å²) in [7, 11) is -3.83. The van der Waals surface area contributed by atoms with Crippen LogP contribution in [0.25, 0.3) is 0 Å². The van der Waals surface area contributed by atoms with Gasteiger partial charge in [-0.05, 0) is 54.6 Å². The molecule has 6 nitrogen and oxygen atoms in total. The Bertz CT molecular complexity index is 1070. The SMILES string of the molecule is O=[N+]([O-])c1ccc(Sc2cccc(S(=O)(=O)Nc3ccc(F)cc3)c2)cc1. The molecule has 0 aliphatic rings. The average molecular weight is 404 g/mol. The number of nitrogens with one attached hydrogen (secondary N) is 1. The van der Waals surface area contributed by atoms with E-state index in [1.54, 1.807) is 24.3 Å². The molecular weight excluding hydrogens is 391 g/mol. The molecule has 0 saturated heterocycles. The predicted molar refractivity (Wildman–Crippen MR) is 101 cm³/mol. The molecule has 3 rings (SSSR count). The molecule has 0 aliphatic heterocycles. The van der Waals surface area contributed by atoms with Gasteiger partial charge in [0.2, 0.25) is 0 Å². The summed E-state index contributed by atoms with van der Waals surface area (Å²) in [5.41, 5.74) is 0.240. The van der Waals surface area contributed by atoms with Crippen LogP contribution in [0.1, 0.15) is 0 Å². The number of halogens is 1. The number of hydrogen-bond acceptors (Lipinski definition) is 5. The molecule has 27 heavy (non-hydrogen) atoms. The lowest BCUT2D eigenvalue weighted by Gasteiger charge is -2.09. The molecule has 3 aromatic carbocycles. The van der Waals surface area contributed by atoms with Crippen LogP contribution in [-0.4, -0.2) is 13.3 Å². The largest absolute Gasteiger partial charge is 0.280 e. The van der Waals surface area contributed by atoms with E-state index < -0.39 is 20.8 Å². The molecule has 0 aliphatic carbocycles. The smallest absolute Gasteiger partial charge is 0.269 e. The summed E-state index contributed by atoms with van der Waals surface area (Å²) in [6.07, 6.45) is 0. The van der Waals surface area contributed by atoms with E-state index in [2.05, 4.69) is 4.72 Å². The first-order valence-electron chi connectivity index (χ1n) is 7.64. The zero-order chi connectivity index (χ0) is 19.4. The lowest BCUT2D eigenvalue weighted by atomic mass is 10.3. The van der Waals surface area contributed by atoms with Crippen molar-refractivity contribution in [3.05, 3.63) is 88.7 Å². The highest BCUT2D eigenvalue weighted by Crippen LogP contribution is 2.30. The van der Waals surface area contributed by atoms with Gasteiger partial charge in [0, 0.05) is 27.6 Å². The highest BCUT2D eigenvalue weighted by molar-refractivity contribution is 7.99. The van der Waals surface area contributed by atoms with Crippen LogP contribution >= 0.6 is 11.8 Å². The number of non-ortho nitro benzene ring substituents is 1. The molecule has 138 valence electrons. The van der Waals surface area contributed by atoms with Crippen LogP contribution in [0.15, 0.2) is 87.5 Å². The number of hydrogen-bond donors (Lipinski definition) is 1. The molecule has 0 amide bonds. The van der Waals surface area contributed by atoms with Crippen molar-refractivity contribution >= 4 is 33.2 Å². The van der Waals surface area contributed by atoms with Gasteiger partial charge in [-0.2, -0.15) is 0 Å². The summed E-state index contributed by atoms with van der Waals surface area (Å²) in [6.45, 7) is 0. The maximum atomic E-state index is 13.0. The van der Waals surface area contributed by atoms with Crippen LogP contribution in [0.3, 0.4) is 0 Å². The van der Waals surface area contributed by atoms with E-state index in [9.17, 15) is 22.9 Å². The number of nitro benzene ring substituents is 1. The van der Waals surface area contributed by atoms with Gasteiger partial charge in [0.15, 0.2) is 0 Å². The van der Waals surface area contributed by atoms with Crippen LogP contribution in [0.4, 0.5) is 15.8 Å². The molecule has 0 heterocycles. The lowest BCUT2D eigenvalue weighted by Crippen LogP contribution is -2.12. The number of benzene rings is 3. The summed E-state index contributed by atoms with van der Waals surface area (Å²) in [6, 6.07) is 17.3. The first kappa shape index (κ1) is 18.9. The fourth-order valence-electron chi connectivity index (χ4n) is 2.21. The quantitative estimate of drug-likeness (QED) is 0.476. The number of sulfonamides is 1. The summed E-state index contributed by atoms with van der Waals surface area (Å²) in [4.78, 5) is 11.7. The van der Waals surface area contributed by atoms with Crippen molar-refractivity contribution in [1.29, 1.82) is 0 Å². The van der Waals surface area contributed by atoms with E-state index >= 15 is 0 Å². The van der Waals surface area contributed by atoms with Crippen molar-refractivity contribution in [3.63, 3.8) is 0 Å². The van der Waals surface area contributed by atoms with Crippen molar-refractivity contribution in [2.75, 3.05) is 4.72 Å². The van der Waals surface area contributed by atoms with Gasteiger partial charge in [-0.3, -0.25) is 14.8 Å². The normalized spacial score (nSPS) is 11.1. The maximum Gasteiger partial charge on any atom is 0.269 e. The molecule has 0 radical (unpaired) electrons. The zero-order valence-electron chi connectivity index (χ0n) is 13.7. The minimum atomic E-state index is -3.83. The monoisotopic (exact) mass is 404 g/mol. The number of nitrogens with zero attached hydrogens (tertiary/aromatic N) is 1. The van der Waals surface area contributed by atoms with Gasteiger partial charge >= 0.3 is 0 Å². The Morgan fingerprint density at radius 1 is 0.926 bits per heavy atom. The third kappa shape index (κ3) is 4.83. The second-order valence-electron chi connectivity index (χ2n) is 5.44. The van der Waals surface area contributed by atoms with E-state index in [0.29, 0.717) is 4.90 Å². The van der Waals surface area contributed by atoms with Crippen LogP contribution in [0.2, 0.25) is 0 Å². The molecule has 0 saturated carbocycles. The molecule has 0 atom stereocenters. The Morgan fingerprint density at radius 2 is 1.59 bits per heavy atom. The molecule has 3 aromatic rings. The van der Waals surface area contributed by atoms with Gasteiger partial charge in [-0.15, -0.1) is 0 Å². The third-order valence-electron chi connectivity index (χ3n) is 3.50. The number of nitro groups is 1. The maximum absolute atomic E-state index is 13.0. The van der Waals surface area contributed by atoms with Crippen LogP contribution in [0, 0.1) is 15.9 Å². The van der Waals surface area contributed by atoms with Gasteiger partial charge in [-0.1, -0.05) is 17.8 Å². The summed E-state index contributed by atoms with van der Waals surface area (Å²) >= 11 is 1.28. The summed E-state index contributed by atoms with van der Waals surface area (Å²) in [5, 5.41) is 10.7. The van der Waals surface area contributed by atoms with Crippen molar-refractivity contribution in [2.45, 2.75) is 14.7 Å². The minimum absolute atomic E-state index is 0.0147. The molecule has 9 heteroatoms. The average Bonchev–Trinajstić information content (AvgIpc) is 2.64. The Balaban J connectivity index is 1.79. The van der Waals surface area contributed by atoms with Gasteiger partial charge in [0.05, 0.1) is 9.82 Å². The number of anilines is 1. The molecule has 1 N–H and O–H groups in total. The summed E-state index contributed by atoms with van der Waals surface area (Å²) in [5.74, 6) is -0.459. The van der Waals surface area contributed by atoms with Gasteiger partial charge < -0.3 is 0 Å². The van der Waals surface area contributed by atoms with E-state index in [4.69, 9.17) is 0 Å². The van der Waals surface area contributed by atoms with Gasteiger partial charge in [0.1, 0.15) is 5.82 Å². The van der Waals surface area contributed by atoms with Crippen LogP contribution in [0.5, 0.6) is 0 Å². The second-order valence-corrected chi connectivity index (χ2v) is 8.27. The fraction of sp³-hybridized carbons (Fsp3) is 0. The Hall–Kier alpha value is -2.91. The molecule has 0 fully saturated rings. The Kier molecular flexibility index (Phi) is 5.43. The minimum Gasteiger partial charge on any atom is -0.280 e. The molecular formula is C18H13FN2O4S2. The Labute approximate surface area is 159 Å². The van der Waals surface area contributed by atoms with Crippen molar-refractivity contribution in [3.8, 4) is 0 Å². The van der Waals surface area contributed by atoms with E-state index in [1.165, 1.54) is 60.3 Å².